The lowest BCUT2D eigenvalue weighted by Gasteiger charge is -2.11. The van der Waals surface area contributed by atoms with Crippen LogP contribution in [-0.4, -0.2) is 30.0 Å². The van der Waals surface area contributed by atoms with E-state index >= 15 is 0 Å². The summed E-state index contributed by atoms with van der Waals surface area (Å²) in [7, 11) is 3.45. The van der Waals surface area contributed by atoms with Gasteiger partial charge in [-0.15, -0.1) is 0 Å². The third kappa shape index (κ3) is 2.68. The van der Waals surface area contributed by atoms with Crippen LogP contribution in [0.3, 0.4) is 0 Å². The van der Waals surface area contributed by atoms with Gasteiger partial charge in [0.15, 0.2) is 0 Å². The van der Waals surface area contributed by atoms with Gasteiger partial charge in [-0.05, 0) is 6.07 Å². The van der Waals surface area contributed by atoms with Crippen LogP contribution in [0.15, 0.2) is 18.5 Å². The van der Waals surface area contributed by atoms with E-state index < -0.39 is 0 Å². The average molecular weight is 200 g/mol. The molecule has 13 heavy (non-hydrogen) atoms. The minimum absolute atomic E-state index is 0.261. The fraction of sp³-hybridized carbons (Fsp3) is 0.250. The maximum atomic E-state index is 11.4. The highest BCUT2D eigenvalue weighted by atomic mass is 35.5. The van der Waals surface area contributed by atoms with Crippen molar-refractivity contribution in [1.29, 1.82) is 0 Å². The first-order valence-corrected chi connectivity index (χ1v) is 4.07. The van der Waals surface area contributed by atoms with Crippen molar-refractivity contribution in [1.82, 2.24) is 15.4 Å². The lowest BCUT2D eigenvalue weighted by Crippen LogP contribution is -2.36. The van der Waals surface area contributed by atoms with Gasteiger partial charge in [0.2, 0.25) is 0 Å². The second-order valence-electron chi connectivity index (χ2n) is 2.69. The Morgan fingerprint density at radius 1 is 1.62 bits per heavy atom. The molecule has 4 nitrogen and oxygen atoms in total. The zero-order valence-electron chi connectivity index (χ0n) is 7.41. The number of pyridine rings is 1. The Labute approximate surface area is 81.5 Å². The highest BCUT2D eigenvalue weighted by molar-refractivity contribution is 6.33. The van der Waals surface area contributed by atoms with E-state index in [1.54, 1.807) is 25.2 Å². The van der Waals surface area contributed by atoms with Crippen LogP contribution in [0, 0.1) is 0 Å². The zero-order valence-corrected chi connectivity index (χ0v) is 8.17. The van der Waals surface area contributed by atoms with Gasteiger partial charge in [-0.1, -0.05) is 11.6 Å². The highest BCUT2D eigenvalue weighted by Crippen LogP contribution is 2.12. The first-order chi connectivity index (χ1) is 6.11. The third-order valence-electron chi connectivity index (χ3n) is 1.34. The molecular weight excluding hydrogens is 190 g/mol. The Bertz CT molecular complexity index is 314. The fourth-order valence-corrected chi connectivity index (χ4v) is 0.999. The molecule has 0 aliphatic rings. The van der Waals surface area contributed by atoms with E-state index in [1.807, 2.05) is 0 Å². The van der Waals surface area contributed by atoms with E-state index in [-0.39, 0.29) is 5.91 Å². The summed E-state index contributed by atoms with van der Waals surface area (Å²) in [5, 5.41) is 1.94. The summed E-state index contributed by atoms with van der Waals surface area (Å²) in [4.78, 5) is 15.2. The molecule has 0 aliphatic heterocycles. The van der Waals surface area contributed by atoms with Crippen molar-refractivity contribution in [3.63, 3.8) is 0 Å². The van der Waals surface area contributed by atoms with Gasteiger partial charge in [0.25, 0.3) is 5.91 Å². The van der Waals surface area contributed by atoms with Gasteiger partial charge in [-0.3, -0.25) is 15.2 Å². The molecule has 1 aromatic rings. The van der Waals surface area contributed by atoms with E-state index in [2.05, 4.69) is 10.4 Å². The number of carbonyl (C=O) groups excluding carboxylic acids is 1. The van der Waals surface area contributed by atoms with Gasteiger partial charge in [-0.25, -0.2) is 5.01 Å². The van der Waals surface area contributed by atoms with Crippen LogP contribution >= 0.6 is 11.6 Å². The van der Waals surface area contributed by atoms with Crippen molar-refractivity contribution in [3.8, 4) is 0 Å². The van der Waals surface area contributed by atoms with E-state index in [0.717, 1.165) is 0 Å². The van der Waals surface area contributed by atoms with Crippen molar-refractivity contribution in [2.24, 2.45) is 0 Å². The predicted molar refractivity (Wildman–Crippen MR) is 50.4 cm³/mol. The van der Waals surface area contributed by atoms with Crippen LogP contribution in [0.4, 0.5) is 0 Å². The zero-order chi connectivity index (χ0) is 9.84. The number of amides is 1. The minimum atomic E-state index is -0.261. The standard InChI is InChI=1S/C8H10ClN3O/c1-12(2)11-8(13)6-5-10-4-3-7(6)9/h3-5H,1-2H3,(H,11,13). The number of nitrogens with one attached hydrogen (secondary N) is 1. The summed E-state index contributed by atoms with van der Waals surface area (Å²) in [6, 6.07) is 1.58. The Balaban J connectivity index is 2.83. The first kappa shape index (κ1) is 9.95. The van der Waals surface area contributed by atoms with Crippen molar-refractivity contribution >= 4 is 17.5 Å². The summed E-state index contributed by atoms with van der Waals surface area (Å²) >= 11 is 5.78. The molecule has 0 saturated carbocycles. The van der Waals surface area contributed by atoms with E-state index in [9.17, 15) is 4.79 Å². The number of hydrogen-bond acceptors (Lipinski definition) is 3. The minimum Gasteiger partial charge on any atom is -0.285 e. The summed E-state index contributed by atoms with van der Waals surface area (Å²) in [5.41, 5.74) is 2.94. The largest absolute Gasteiger partial charge is 0.285 e. The molecule has 0 bridgehead atoms. The Morgan fingerprint density at radius 3 is 2.85 bits per heavy atom. The molecule has 0 spiro atoms. The normalized spacial score (nSPS) is 10.2. The predicted octanol–water partition coefficient (Wildman–Crippen LogP) is 0.941. The van der Waals surface area contributed by atoms with Gasteiger partial charge in [0.1, 0.15) is 0 Å². The van der Waals surface area contributed by atoms with Crippen LogP contribution in [0.5, 0.6) is 0 Å². The third-order valence-corrected chi connectivity index (χ3v) is 1.67. The van der Waals surface area contributed by atoms with Gasteiger partial charge >= 0.3 is 0 Å². The van der Waals surface area contributed by atoms with Crippen molar-refractivity contribution in [2.75, 3.05) is 14.1 Å². The number of nitrogens with zero attached hydrogens (tertiary/aromatic N) is 2. The van der Waals surface area contributed by atoms with Gasteiger partial charge < -0.3 is 0 Å². The van der Waals surface area contributed by atoms with Crippen LogP contribution < -0.4 is 5.43 Å². The summed E-state index contributed by atoms with van der Waals surface area (Å²) < 4.78 is 0. The van der Waals surface area contributed by atoms with Gasteiger partial charge in [0.05, 0.1) is 10.6 Å². The van der Waals surface area contributed by atoms with Crippen molar-refractivity contribution in [3.05, 3.63) is 29.0 Å². The fourth-order valence-electron chi connectivity index (χ4n) is 0.808. The molecular formula is C8H10ClN3O. The summed E-state index contributed by atoms with van der Waals surface area (Å²) in [6.45, 7) is 0. The molecule has 0 unspecified atom stereocenters. The molecule has 0 atom stereocenters. The Hall–Kier alpha value is -1.13. The Morgan fingerprint density at radius 2 is 2.31 bits per heavy atom. The van der Waals surface area contributed by atoms with Crippen LogP contribution in [0.1, 0.15) is 10.4 Å². The molecule has 0 saturated heterocycles. The smallest absolute Gasteiger partial charge is 0.268 e. The molecule has 70 valence electrons. The molecule has 0 aromatic carbocycles. The quantitative estimate of drug-likeness (QED) is 0.722. The van der Waals surface area contributed by atoms with Crippen molar-refractivity contribution < 1.29 is 4.79 Å². The maximum absolute atomic E-state index is 11.4. The maximum Gasteiger partial charge on any atom is 0.268 e. The van der Waals surface area contributed by atoms with Crippen molar-refractivity contribution in [2.45, 2.75) is 0 Å². The van der Waals surface area contributed by atoms with Crippen LogP contribution in [0.25, 0.3) is 0 Å². The van der Waals surface area contributed by atoms with E-state index in [0.29, 0.717) is 10.6 Å². The number of carbonyl (C=O) groups is 1. The molecule has 1 aromatic heterocycles. The number of rotatable bonds is 2. The second-order valence-corrected chi connectivity index (χ2v) is 3.10. The molecule has 0 fully saturated rings. The second kappa shape index (κ2) is 4.20. The number of hydrazine groups is 1. The van der Waals surface area contributed by atoms with E-state index in [4.69, 9.17) is 11.6 Å². The number of aromatic nitrogens is 1. The van der Waals surface area contributed by atoms with Gasteiger partial charge in [-0.2, -0.15) is 0 Å². The highest BCUT2D eigenvalue weighted by Gasteiger charge is 2.09. The Kier molecular flexibility index (Phi) is 3.22. The molecule has 0 aliphatic carbocycles. The summed E-state index contributed by atoms with van der Waals surface area (Å²) in [6.07, 6.45) is 2.97. The SMILES string of the molecule is CN(C)NC(=O)c1cnccc1Cl. The topological polar surface area (TPSA) is 45.2 Å². The number of hydrogen-bond donors (Lipinski definition) is 1. The lowest BCUT2D eigenvalue weighted by molar-refractivity contribution is 0.0856. The molecule has 1 amide bonds. The number of halogens is 1. The van der Waals surface area contributed by atoms with Crippen LogP contribution in [-0.2, 0) is 0 Å². The lowest BCUT2D eigenvalue weighted by atomic mass is 10.3. The van der Waals surface area contributed by atoms with E-state index in [1.165, 1.54) is 12.4 Å². The van der Waals surface area contributed by atoms with Gasteiger partial charge in [0, 0.05) is 26.5 Å². The molecule has 1 rings (SSSR count). The summed E-state index contributed by atoms with van der Waals surface area (Å²) in [5.74, 6) is -0.261. The molecule has 0 radical (unpaired) electrons. The first-order valence-electron chi connectivity index (χ1n) is 3.69. The monoisotopic (exact) mass is 199 g/mol. The molecule has 5 heteroatoms. The molecule has 1 heterocycles. The molecule has 1 N–H and O–H groups in total. The van der Waals surface area contributed by atoms with Crippen LogP contribution in [0.2, 0.25) is 5.02 Å². The average Bonchev–Trinajstić information content (AvgIpc) is 2.03.